The average Bonchev–Trinajstić information content (AvgIpc) is 2.86. The Morgan fingerprint density at radius 1 is 0.895 bits per heavy atom. The number of nitrogens with one attached hydrogen (secondary N) is 1. The SMILES string of the molecule is Cc1ccc(N(CC(=O)N(Cc2ccc(Cl)cc2)[C@@H](Cc2ccccc2)C(=O)NC(C)C)S(C)(=O)=O)cc1. The van der Waals surface area contributed by atoms with Gasteiger partial charge in [0.2, 0.25) is 21.8 Å². The molecule has 202 valence electrons. The first-order valence-electron chi connectivity index (χ1n) is 12.4. The molecule has 0 heterocycles. The van der Waals surface area contributed by atoms with Crippen molar-refractivity contribution in [2.24, 2.45) is 0 Å². The van der Waals surface area contributed by atoms with E-state index in [9.17, 15) is 18.0 Å². The Balaban J connectivity index is 2.04. The van der Waals surface area contributed by atoms with Gasteiger partial charge >= 0.3 is 0 Å². The molecule has 0 aliphatic carbocycles. The zero-order valence-corrected chi connectivity index (χ0v) is 23.7. The molecule has 0 saturated heterocycles. The summed E-state index contributed by atoms with van der Waals surface area (Å²) in [5.74, 6) is -0.807. The molecular weight excluding hydrogens is 522 g/mol. The van der Waals surface area contributed by atoms with Crippen LogP contribution in [0.2, 0.25) is 5.02 Å². The molecule has 7 nitrogen and oxygen atoms in total. The fourth-order valence-electron chi connectivity index (χ4n) is 4.05. The number of rotatable bonds is 11. The van der Waals surface area contributed by atoms with Crippen LogP contribution in [0.1, 0.15) is 30.5 Å². The monoisotopic (exact) mass is 555 g/mol. The number of carbonyl (C=O) groups is 2. The highest BCUT2D eigenvalue weighted by atomic mass is 35.5. The third-order valence-corrected chi connectivity index (χ3v) is 7.36. The van der Waals surface area contributed by atoms with Crippen molar-refractivity contribution in [1.82, 2.24) is 10.2 Å². The summed E-state index contributed by atoms with van der Waals surface area (Å²) in [5, 5.41) is 3.48. The number of carbonyl (C=O) groups excluding carboxylic acids is 2. The number of hydrogen-bond donors (Lipinski definition) is 1. The summed E-state index contributed by atoms with van der Waals surface area (Å²) in [6.07, 6.45) is 1.33. The Labute approximate surface area is 230 Å². The maximum Gasteiger partial charge on any atom is 0.244 e. The largest absolute Gasteiger partial charge is 0.352 e. The second kappa shape index (κ2) is 12.9. The van der Waals surface area contributed by atoms with E-state index < -0.39 is 28.5 Å². The van der Waals surface area contributed by atoms with E-state index in [1.54, 1.807) is 48.5 Å². The van der Waals surface area contributed by atoms with Gasteiger partial charge in [0.15, 0.2) is 0 Å². The van der Waals surface area contributed by atoms with Crippen LogP contribution in [-0.4, -0.2) is 50.0 Å². The molecule has 0 radical (unpaired) electrons. The number of hydrogen-bond acceptors (Lipinski definition) is 4. The highest BCUT2D eigenvalue weighted by Gasteiger charge is 2.33. The number of benzene rings is 3. The molecule has 0 fully saturated rings. The van der Waals surface area contributed by atoms with Gasteiger partial charge in [0.05, 0.1) is 11.9 Å². The number of sulfonamides is 1. The average molecular weight is 556 g/mol. The molecule has 2 amide bonds. The highest BCUT2D eigenvalue weighted by molar-refractivity contribution is 7.92. The van der Waals surface area contributed by atoms with E-state index in [0.717, 1.165) is 27.3 Å². The summed E-state index contributed by atoms with van der Waals surface area (Å²) in [7, 11) is -3.79. The maximum atomic E-state index is 13.9. The van der Waals surface area contributed by atoms with Crippen molar-refractivity contribution < 1.29 is 18.0 Å². The van der Waals surface area contributed by atoms with Crippen LogP contribution in [0, 0.1) is 6.92 Å². The van der Waals surface area contributed by atoms with Gasteiger partial charge in [-0.2, -0.15) is 0 Å². The minimum absolute atomic E-state index is 0.102. The van der Waals surface area contributed by atoms with E-state index in [1.165, 1.54) is 4.90 Å². The standard InChI is InChI=1S/C29H34ClN3O4S/c1-21(2)31-29(35)27(18-23-8-6-5-7-9-23)32(19-24-12-14-25(30)15-13-24)28(34)20-33(38(4,36)37)26-16-10-22(3)11-17-26/h5-17,21,27H,18-20H2,1-4H3,(H,31,35)/t27-/m0/s1. The Hall–Kier alpha value is -3.36. The first-order chi connectivity index (χ1) is 17.9. The van der Waals surface area contributed by atoms with E-state index in [-0.39, 0.29) is 24.9 Å². The Morgan fingerprint density at radius 3 is 2.05 bits per heavy atom. The van der Waals surface area contributed by atoms with Crippen molar-refractivity contribution in [3.8, 4) is 0 Å². The van der Waals surface area contributed by atoms with E-state index in [2.05, 4.69) is 5.32 Å². The van der Waals surface area contributed by atoms with Gasteiger partial charge < -0.3 is 10.2 Å². The number of halogens is 1. The second-order valence-corrected chi connectivity index (χ2v) is 12.0. The van der Waals surface area contributed by atoms with Crippen LogP contribution in [0.3, 0.4) is 0 Å². The molecule has 0 aliphatic heterocycles. The van der Waals surface area contributed by atoms with Crippen LogP contribution in [-0.2, 0) is 32.6 Å². The Bertz CT molecular complexity index is 1330. The summed E-state index contributed by atoms with van der Waals surface area (Å²) >= 11 is 6.07. The number of nitrogens with zero attached hydrogens (tertiary/aromatic N) is 2. The lowest BCUT2D eigenvalue weighted by molar-refractivity contribution is -0.140. The summed E-state index contributed by atoms with van der Waals surface area (Å²) in [6, 6.07) is 22.3. The van der Waals surface area contributed by atoms with E-state index in [4.69, 9.17) is 11.6 Å². The predicted octanol–water partition coefficient (Wildman–Crippen LogP) is 4.58. The highest BCUT2D eigenvalue weighted by Crippen LogP contribution is 2.21. The topological polar surface area (TPSA) is 86.8 Å². The van der Waals surface area contributed by atoms with Crippen LogP contribution in [0.5, 0.6) is 0 Å². The summed E-state index contributed by atoms with van der Waals surface area (Å²) in [4.78, 5) is 28.9. The van der Waals surface area contributed by atoms with Crippen molar-refractivity contribution in [3.63, 3.8) is 0 Å². The van der Waals surface area contributed by atoms with Crippen LogP contribution < -0.4 is 9.62 Å². The molecule has 0 aliphatic rings. The first kappa shape index (κ1) is 29.2. The maximum absolute atomic E-state index is 13.9. The molecule has 0 bridgehead atoms. The quantitative estimate of drug-likeness (QED) is 0.375. The minimum atomic E-state index is -3.79. The number of amides is 2. The third-order valence-electron chi connectivity index (χ3n) is 5.97. The molecular formula is C29H34ClN3O4S. The van der Waals surface area contributed by atoms with Gasteiger partial charge in [-0.3, -0.25) is 13.9 Å². The van der Waals surface area contributed by atoms with E-state index in [0.29, 0.717) is 10.7 Å². The zero-order valence-electron chi connectivity index (χ0n) is 22.1. The Morgan fingerprint density at radius 2 is 1.50 bits per heavy atom. The van der Waals surface area contributed by atoms with Crippen molar-refractivity contribution in [3.05, 3.63) is 101 Å². The van der Waals surface area contributed by atoms with Gasteiger partial charge in [-0.25, -0.2) is 8.42 Å². The molecule has 0 spiro atoms. The lowest BCUT2D eigenvalue weighted by Crippen LogP contribution is -2.54. The molecule has 0 unspecified atom stereocenters. The number of aryl methyl sites for hydroxylation is 1. The van der Waals surface area contributed by atoms with Crippen LogP contribution in [0.25, 0.3) is 0 Å². The molecule has 0 saturated carbocycles. The smallest absolute Gasteiger partial charge is 0.244 e. The molecule has 0 aromatic heterocycles. The third kappa shape index (κ3) is 8.33. The van der Waals surface area contributed by atoms with Crippen molar-refractivity contribution in [2.75, 3.05) is 17.1 Å². The zero-order chi connectivity index (χ0) is 27.9. The van der Waals surface area contributed by atoms with E-state index >= 15 is 0 Å². The fourth-order valence-corrected chi connectivity index (χ4v) is 5.02. The van der Waals surface area contributed by atoms with Gasteiger partial charge in [-0.1, -0.05) is 71.8 Å². The van der Waals surface area contributed by atoms with Crippen LogP contribution in [0.15, 0.2) is 78.9 Å². The normalized spacial score (nSPS) is 12.2. The fraction of sp³-hybridized carbons (Fsp3) is 0.310. The molecule has 1 N–H and O–H groups in total. The second-order valence-electron chi connectivity index (χ2n) is 9.62. The van der Waals surface area contributed by atoms with E-state index in [1.807, 2.05) is 51.1 Å². The Kier molecular flexibility index (Phi) is 9.94. The molecule has 3 aromatic rings. The summed E-state index contributed by atoms with van der Waals surface area (Å²) in [5.41, 5.74) is 2.98. The van der Waals surface area contributed by atoms with Crippen molar-refractivity contribution in [2.45, 2.75) is 45.8 Å². The number of anilines is 1. The van der Waals surface area contributed by atoms with Crippen molar-refractivity contribution in [1.29, 1.82) is 0 Å². The molecule has 38 heavy (non-hydrogen) atoms. The molecule has 3 rings (SSSR count). The minimum Gasteiger partial charge on any atom is -0.352 e. The molecule has 1 atom stereocenters. The summed E-state index contributed by atoms with van der Waals surface area (Å²) in [6.45, 7) is 5.26. The lowest BCUT2D eigenvalue weighted by atomic mass is 10.0. The van der Waals surface area contributed by atoms with Gasteiger partial charge in [0, 0.05) is 24.0 Å². The van der Waals surface area contributed by atoms with Gasteiger partial charge in [-0.05, 0) is 56.2 Å². The lowest BCUT2D eigenvalue weighted by Gasteiger charge is -2.34. The van der Waals surface area contributed by atoms with Crippen LogP contribution >= 0.6 is 11.6 Å². The van der Waals surface area contributed by atoms with Gasteiger partial charge in [0.1, 0.15) is 12.6 Å². The molecule has 3 aromatic carbocycles. The van der Waals surface area contributed by atoms with Gasteiger partial charge in [-0.15, -0.1) is 0 Å². The first-order valence-corrected chi connectivity index (χ1v) is 14.6. The van der Waals surface area contributed by atoms with Gasteiger partial charge in [0.25, 0.3) is 0 Å². The van der Waals surface area contributed by atoms with Crippen molar-refractivity contribution >= 4 is 39.1 Å². The predicted molar refractivity (Wildman–Crippen MR) is 153 cm³/mol. The summed E-state index contributed by atoms with van der Waals surface area (Å²) < 4.78 is 26.6. The molecule has 9 heteroatoms. The van der Waals surface area contributed by atoms with Crippen LogP contribution in [0.4, 0.5) is 5.69 Å².